The third-order valence-corrected chi connectivity index (χ3v) is 6.26. The zero-order valence-corrected chi connectivity index (χ0v) is 20.2. The number of ether oxygens (including phenoxy) is 2. The van der Waals surface area contributed by atoms with Gasteiger partial charge in [0.2, 0.25) is 0 Å². The number of amides is 1. The van der Waals surface area contributed by atoms with E-state index in [1.54, 1.807) is 11.6 Å². The van der Waals surface area contributed by atoms with Gasteiger partial charge in [-0.15, -0.1) is 11.3 Å². The SMILES string of the molecule is CCCOCCNCCOc1ccc2cc(C(=O)Nc3nc4ccc5scnc5c4o3)ccc2c1. The van der Waals surface area contributed by atoms with Crippen LogP contribution < -0.4 is 15.4 Å². The largest absolute Gasteiger partial charge is 0.492 e. The number of hydrogen-bond donors (Lipinski definition) is 2. The molecule has 2 aromatic heterocycles. The normalized spacial score (nSPS) is 11.5. The molecule has 2 heterocycles. The predicted octanol–water partition coefficient (Wildman–Crippen LogP) is 5.24. The second-order valence-electron chi connectivity index (χ2n) is 8.02. The molecule has 9 heteroatoms. The first-order chi connectivity index (χ1) is 17.2. The minimum Gasteiger partial charge on any atom is -0.492 e. The summed E-state index contributed by atoms with van der Waals surface area (Å²) in [5, 5.41) is 7.99. The van der Waals surface area contributed by atoms with Crippen molar-refractivity contribution in [2.24, 2.45) is 0 Å². The molecule has 0 bridgehead atoms. The summed E-state index contributed by atoms with van der Waals surface area (Å²) < 4.78 is 18.1. The van der Waals surface area contributed by atoms with Gasteiger partial charge in [-0.3, -0.25) is 10.1 Å². The van der Waals surface area contributed by atoms with Gasteiger partial charge in [0.15, 0.2) is 5.58 Å². The summed E-state index contributed by atoms with van der Waals surface area (Å²) >= 11 is 1.53. The highest BCUT2D eigenvalue weighted by molar-refractivity contribution is 7.16. The van der Waals surface area contributed by atoms with Crippen LogP contribution in [-0.2, 0) is 4.74 Å². The lowest BCUT2D eigenvalue weighted by Crippen LogP contribution is -2.25. The first kappa shape index (κ1) is 23.2. The number of nitrogens with zero attached hydrogens (tertiary/aromatic N) is 2. The number of carbonyl (C=O) groups is 1. The molecule has 0 saturated carbocycles. The van der Waals surface area contributed by atoms with Crippen LogP contribution in [0, 0.1) is 0 Å². The predicted molar refractivity (Wildman–Crippen MR) is 139 cm³/mol. The van der Waals surface area contributed by atoms with Crippen LogP contribution >= 0.6 is 11.3 Å². The van der Waals surface area contributed by atoms with E-state index >= 15 is 0 Å². The van der Waals surface area contributed by atoms with Crippen molar-refractivity contribution < 1.29 is 18.7 Å². The Balaban J connectivity index is 1.19. The average Bonchev–Trinajstić information content (AvgIpc) is 3.51. The molecule has 35 heavy (non-hydrogen) atoms. The van der Waals surface area contributed by atoms with Gasteiger partial charge in [0.05, 0.1) is 16.8 Å². The minimum atomic E-state index is -0.290. The molecule has 180 valence electrons. The van der Waals surface area contributed by atoms with Crippen LogP contribution in [0.5, 0.6) is 5.75 Å². The van der Waals surface area contributed by atoms with Crippen LogP contribution in [0.25, 0.3) is 32.1 Å². The summed E-state index contributed by atoms with van der Waals surface area (Å²) in [5.74, 6) is 0.501. The molecule has 0 saturated heterocycles. The van der Waals surface area contributed by atoms with Crippen molar-refractivity contribution >= 4 is 55.3 Å². The van der Waals surface area contributed by atoms with Gasteiger partial charge in [-0.05, 0) is 53.6 Å². The molecule has 2 N–H and O–H groups in total. The van der Waals surface area contributed by atoms with E-state index in [1.807, 2.05) is 42.5 Å². The van der Waals surface area contributed by atoms with Crippen molar-refractivity contribution in [2.75, 3.05) is 38.2 Å². The lowest BCUT2D eigenvalue weighted by atomic mass is 10.1. The fraction of sp³-hybridized carbons (Fsp3) is 0.269. The second-order valence-corrected chi connectivity index (χ2v) is 8.91. The number of thiazole rings is 1. The van der Waals surface area contributed by atoms with E-state index in [0.717, 1.165) is 52.9 Å². The van der Waals surface area contributed by atoms with E-state index in [4.69, 9.17) is 13.9 Å². The van der Waals surface area contributed by atoms with Gasteiger partial charge < -0.3 is 19.2 Å². The number of anilines is 1. The summed E-state index contributed by atoms with van der Waals surface area (Å²) in [6.45, 7) is 5.73. The summed E-state index contributed by atoms with van der Waals surface area (Å²) in [6, 6.07) is 15.3. The van der Waals surface area contributed by atoms with E-state index in [9.17, 15) is 4.79 Å². The fourth-order valence-electron chi connectivity index (χ4n) is 3.75. The van der Waals surface area contributed by atoms with Gasteiger partial charge in [-0.1, -0.05) is 19.1 Å². The molecule has 3 aromatic carbocycles. The maximum Gasteiger partial charge on any atom is 0.302 e. The summed E-state index contributed by atoms with van der Waals surface area (Å²) in [6.07, 6.45) is 1.03. The molecule has 5 aromatic rings. The Morgan fingerprint density at radius 2 is 1.89 bits per heavy atom. The summed E-state index contributed by atoms with van der Waals surface area (Å²) in [5.41, 5.74) is 4.26. The number of benzene rings is 3. The monoisotopic (exact) mass is 490 g/mol. The Bertz CT molecular complexity index is 1460. The van der Waals surface area contributed by atoms with Crippen molar-refractivity contribution in [1.82, 2.24) is 15.3 Å². The van der Waals surface area contributed by atoms with Gasteiger partial charge in [0.1, 0.15) is 23.4 Å². The van der Waals surface area contributed by atoms with Gasteiger partial charge in [0, 0.05) is 25.3 Å². The molecular weight excluding hydrogens is 464 g/mol. The molecule has 0 unspecified atom stereocenters. The average molecular weight is 491 g/mol. The van der Waals surface area contributed by atoms with Crippen LogP contribution in [0.15, 0.2) is 58.5 Å². The summed E-state index contributed by atoms with van der Waals surface area (Å²) in [4.78, 5) is 21.5. The molecule has 0 aliphatic carbocycles. The highest BCUT2D eigenvalue weighted by Gasteiger charge is 2.15. The van der Waals surface area contributed by atoms with E-state index in [2.05, 4.69) is 27.5 Å². The van der Waals surface area contributed by atoms with Gasteiger partial charge in [-0.2, -0.15) is 4.98 Å². The number of carbonyl (C=O) groups excluding carboxylic acids is 1. The lowest BCUT2D eigenvalue weighted by Gasteiger charge is -2.09. The van der Waals surface area contributed by atoms with Gasteiger partial charge in [0.25, 0.3) is 5.91 Å². The number of aromatic nitrogens is 2. The molecule has 0 spiro atoms. The minimum absolute atomic E-state index is 0.153. The fourth-order valence-corrected chi connectivity index (χ4v) is 4.42. The Kier molecular flexibility index (Phi) is 7.17. The van der Waals surface area contributed by atoms with Gasteiger partial charge in [-0.25, -0.2) is 4.98 Å². The first-order valence-electron chi connectivity index (χ1n) is 11.6. The molecular formula is C26H26N4O4S. The smallest absolute Gasteiger partial charge is 0.302 e. The molecule has 0 atom stereocenters. The zero-order valence-electron chi connectivity index (χ0n) is 19.4. The van der Waals surface area contributed by atoms with Crippen molar-refractivity contribution in [2.45, 2.75) is 13.3 Å². The topological polar surface area (TPSA) is 98.5 Å². The van der Waals surface area contributed by atoms with Crippen LogP contribution in [-0.4, -0.2) is 48.8 Å². The molecule has 8 nitrogen and oxygen atoms in total. The first-order valence-corrected chi connectivity index (χ1v) is 12.5. The van der Waals surface area contributed by atoms with Crippen LogP contribution in [0.3, 0.4) is 0 Å². The summed E-state index contributed by atoms with van der Waals surface area (Å²) in [7, 11) is 0. The molecule has 0 radical (unpaired) electrons. The lowest BCUT2D eigenvalue weighted by molar-refractivity contribution is 0.102. The second kappa shape index (κ2) is 10.8. The Labute approximate surface area is 206 Å². The molecule has 0 aliphatic rings. The number of rotatable bonds is 11. The molecule has 0 aliphatic heterocycles. The van der Waals surface area contributed by atoms with Crippen LogP contribution in [0.4, 0.5) is 6.01 Å². The van der Waals surface area contributed by atoms with Crippen molar-refractivity contribution in [3.05, 3.63) is 59.6 Å². The van der Waals surface area contributed by atoms with Crippen molar-refractivity contribution in [3.8, 4) is 5.75 Å². The van der Waals surface area contributed by atoms with E-state index in [0.29, 0.717) is 29.9 Å². The maximum atomic E-state index is 12.8. The third-order valence-electron chi connectivity index (χ3n) is 5.47. The van der Waals surface area contributed by atoms with Crippen LogP contribution in [0.2, 0.25) is 0 Å². The highest BCUT2D eigenvalue weighted by Crippen LogP contribution is 2.29. The number of fused-ring (bicyclic) bond motifs is 4. The Morgan fingerprint density at radius 3 is 2.80 bits per heavy atom. The molecule has 1 amide bonds. The van der Waals surface area contributed by atoms with Crippen molar-refractivity contribution in [3.63, 3.8) is 0 Å². The number of nitrogens with one attached hydrogen (secondary N) is 2. The molecule has 5 rings (SSSR count). The Morgan fingerprint density at radius 1 is 1.03 bits per heavy atom. The standard InChI is InChI=1S/C26H26N4O4S/c1-2-11-32-12-9-27-10-13-33-20-6-5-17-14-19(4-3-18(17)15-20)25(31)30-26-29-21-7-8-22-23(24(21)34-26)28-16-35-22/h3-8,14-16,27H,2,9-13H2,1H3,(H,29,30,31). The van der Waals surface area contributed by atoms with E-state index in [1.165, 1.54) is 11.3 Å². The highest BCUT2D eigenvalue weighted by atomic mass is 32.1. The third kappa shape index (κ3) is 5.43. The number of oxazole rings is 1. The van der Waals surface area contributed by atoms with Crippen molar-refractivity contribution in [1.29, 1.82) is 0 Å². The Hall–Kier alpha value is -3.53. The van der Waals surface area contributed by atoms with Crippen LogP contribution in [0.1, 0.15) is 23.7 Å². The maximum absolute atomic E-state index is 12.8. The van der Waals surface area contributed by atoms with E-state index in [-0.39, 0.29) is 11.9 Å². The number of hydrogen-bond acceptors (Lipinski definition) is 8. The zero-order chi connectivity index (χ0) is 24.0. The van der Waals surface area contributed by atoms with E-state index < -0.39 is 0 Å². The quantitative estimate of drug-likeness (QED) is 0.244. The van der Waals surface area contributed by atoms with Gasteiger partial charge >= 0.3 is 6.01 Å². The molecule has 0 fully saturated rings.